The number of anilines is 1. The smallest absolute Gasteiger partial charge is 0.310 e. The van der Waals surface area contributed by atoms with E-state index in [1.54, 1.807) is 42.7 Å². The number of fused-ring (bicyclic) bond motifs is 6. The minimum absolute atomic E-state index is 0.0384. The number of aromatic nitrogens is 1. The van der Waals surface area contributed by atoms with Crippen LogP contribution in [0.3, 0.4) is 0 Å². The van der Waals surface area contributed by atoms with Gasteiger partial charge in [0.15, 0.2) is 17.2 Å². The number of hydrogen-bond donors (Lipinski definition) is 3. The van der Waals surface area contributed by atoms with Crippen LogP contribution < -0.4 is 11.1 Å². The number of aliphatic hydroxyl groups is 1. The molecule has 1 heterocycles. The molecule has 5 aliphatic rings. The number of allylic oxidation sites excluding steroid dienone is 4. The lowest BCUT2D eigenvalue weighted by Crippen LogP contribution is -2.68. The van der Waals surface area contributed by atoms with Gasteiger partial charge in [-0.3, -0.25) is 29.0 Å². The van der Waals surface area contributed by atoms with Crippen molar-refractivity contribution in [3.8, 4) is 0 Å². The maximum atomic E-state index is 17.3. The summed E-state index contributed by atoms with van der Waals surface area (Å²) in [4.78, 5) is 68.7. The number of benzene rings is 2. The fraction of sp³-hybridized carbons (Fsp3) is 0.467. The zero-order chi connectivity index (χ0) is 41.1. The number of ketones is 2. The van der Waals surface area contributed by atoms with Crippen molar-refractivity contribution in [2.45, 2.75) is 76.4 Å². The Balaban J connectivity index is 0.815. The summed E-state index contributed by atoms with van der Waals surface area (Å²) < 4.78 is 43.9. The van der Waals surface area contributed by atoms with Crippen molar-refractivity contribution < 1.29 is 47.3 Å². The highest BCUT2D eigenvalue weighted by molar-refractivity contribution is 6.01. The van der Waals surface area contributed by atoms with E-state index in [4.69, 9.17) is 15.2 Å². The van der Waals surface area contributed by atoms with Crippen LogP contribution in [0.4, 0.5) is 14.5 Å². The van der Waals surface area contributed by atoms with E-state index in [2.05, 4.69) is 10.3 Å². The van der Waals surface area contributed by atoms with Crippen LogP contribution in [-0.4, -0.2) is 70.6 Å². The second-order valence-electron chi connectivity index (χ2n) is 17.2. The molecule has 2 unspecified atom stereocenters. The molecule has 4 fully saturated rings. The number of carbonyl (C=O) groups excluding carboxylic acids is 5. The zero-order valence-electron chi connectivity index (χ0n) is 32.4. The monoisotopic (exact) mass is 795 g/mol. The van der Waals surface area contributed by atoms with E-state index in [0.717, 1.165) is 16.8 Å². The predicted molar refractivity (Wildman–Crippen MR) is 208 cm³/mol. The van der Waals surface area contributed by atoms with Gasteiger partial charge in [-0.05, 0) is 103 Å². The Labute approximate surface area is 334 Å². The molecule has 1 aromatic heterocycles. The first-order valence-corrected chi connectivity index (χ1v) is 19.9. The number of amides is 1. The summed E-state index contributed by atoms with van der Waals surface area (Å²) in [5.74, 6) is -6.29. The fourth-order valence-corrected chi connectivity index (χ4v) is 10.7. The standard InChI is InChI=1S/C45H47F2N3O8/c1-43-19-39(53)45(47)35(18-37(46)36-16-29(51)11-13-44(36,45)2)33(43)9-10-34(43)38(52)23-58-42(56)31-17-30(31)41(55)57-22-24-3-5-25(6-4-24)32(20-48)40(54)50-28-8-7-27-21-49-14-12-26(27)15-28/h3-8,11-16,21,30-35,37,39,53H,9-10,17-20,22-23,48H2,1-2H3,(H,50,54)/t30?,31?,32-,33+,34-,35+,37+,39+,43+,44+,45+/m1/s1. The molecule has 4 saturated carbocycles. The Hall–Kier alpha value is -5.14. The van der Waals surface area contributed by atoms with Crippen molar-refractivity contribution in [2.75, 3.05) is 18.5 Å². The number of rotatable bonds is 11. The number of aliphatic hydroxyl groups excluding tert-OH is 1. The van der Waals surface area contributed by atoms with Crippen LogP contribution in [0.2, 0.25) is 0 Å². The van der Waals surface area contributed by atoms with Gasteiger partial charge in [0, 0.05) is 47.3 Å². The number of alkyl halides is 2. The number of nitrogens with two attached hydrogens (primary N) is 1. The molecular weight excluding hydrogens is 749 g/mol. The summed E-state index contributed by atoms with van der Waals surface area (Å²) in [6.07, 6.45) is 4.93. The molecule has 0 bridgehead atoms. The average molecular weight is 796 g/mol. The molecule has 3 aromatic rings. The van der Waals surface area contributed by atoms with Crippen LogP contribution in [0.25, 0.3) is 10.8 Å². The van der Waals surface area contributed by atoms with Gasteiger partial charge >= 0.3 is 11.9 Å². The predicted octanol–water partition coefficient (Wildman–Crippen LogP) is 5.64. The second kappa shape index (κ2) is 14.9. The fourth-order valence-electron chi connectivity index (χ4n) is 10.7. The van der Waals surface area contributed by atoms with Gasteiger partial charge in [-0.2, -0.15) is 0 Å². The van der Waals surface area contributed by atoms with Crippen molar-refractivity contribution in [1.29, 1.82) is 0 Å². The highest BCUT2D eigenvalue weighted by atomic mass is 19.1. The van der Waals surface area contributed by atoms with Crippen LogP contribution in [-0.2, 0) is 40.1 Å². The normalized spacial score (nSPS) is 33.9. The lowest BCUT2D eigenvalue weighted by Gasteiger charge is -2.62. The summed E-state index contributed by atoms with van der Waals surface area (Å²) in [5.41, 5.74) is 3.46. The molecule has 11 atom stereocenters. The molecule has 0 aliphatic heterocycles. The van der Waals surface area contributed by atoms with Crippen LogP contribution in [0.5, 0.6) is 0 Å². The van der Waals surface area contributed by atoms with Gasteiger partial charge in [-0.1, -0.05) is 43.3 Å². The molecule has 4 N–H and O–H groups in total. The third-order valence-corrected chi connectivity index (χ3v) is 14.0. The number of halogens is 2. The first-order chi connectivity index (χ1) is 27.7. The minimum Gasteiger partial charge on any atom is -0.461 e. The number of nitrogens with zero attached hydrogens (tertiary/aromatic N) is 1. The first kappa shape index (κ1) is 39.7. The van der Waals surface area contributed by atoms with E-state index < -0.39 is 88.6 Å². The number of esters is 2. The second-order valence-corrected chi connectivity index (χ2v) is 17.2. The molecule has 5 aliphatic carbocycles. The molecular formula is C45H47F2N3O8. The first-order valence-electron chi connectivity index (χ1n) is 19.9. The van der Waals surface area contributed by atoms with Crippen molar-refractivity contribution in [3.05, 3.63) is 95.9 Å². The molecule has 0 radical (unpaired) electrons. The lowest BCUT2D eigenvalue weighted by molar-refractivity contribution is -0.202. The Morgan fingerprint density at radius 3 is 2.47 bits per heavy atom. The number of ether oxygens (including phenoxy) is 2. The Bertz CT molecular complexity index is 2250. The maximum absolute atomic E-state index is 17.3. The van der Waals surface area contributed by atoms with Crippen LogP contribution in [0.1, 0.15) is 63.0 Å². The molecule has 0 spiro atoms. The van der Waals surface area contributed by atoms with Crippen LogP contribution in [0, 0.1) is 40.4 Å². The zero-order valence-corrected chi connectivity index (χ0v) is 32.4. The molecule has 304 valence electrons. The third kappa shape index (κ3) is 6.65. The molecule has 0 saturated heterocycles. The molecule has 2 aromatic carbocycles. The van der Waals surface area contributed by atoms with Gasteiger partial charge in [-0.15, -0.1) is 0 Å². The third-order valence-electron chi connectivity index (χ3n) is 14.0. The summed E-state index contributed by atoms with van der Waals surface area (Å²) >= 11 is 0. The number of pyridine rings is 1. The minimum atomic E-state index is -2.23. The maximum Gasteiger partial charge on any atom is 0.310 e. The van der Waals surface area contributed by atoms with E-state index >= 15 is 8.78 Å². The van der Waals surface area contributed by atoms with E-state index in [-0.39, 0.29) is 49.7 Å². The molecule has 13 heteroatoms. The summed E-state index contributed by atoms with van der Waals surface area (Å²) in [7, 11) is 0. The van der Waals surface area contributed by atoms with Crippen molar-refractivity contribution in [1.82, 2.24) is 4.98 Å². The number of carbonyl (C=O) groups is 5. The van der Waals surface area contributed by atoms with Gasteiger partial charge < -0.3 is 25.6 Å². The summed E-state index contributed by atoms with van der Waals surface area (Å²) in [6.45, 7) is 2.87. The largest absolute Gasteiger partial charge is 0.461 e. The van der Waals surface area contributed by atoms with E-state index in [1.807, 2.05) is 25.1 Å². The van der Waals surface area contributed by atoms with Crippen molar-refractivity contribution >= 4 is 45.9 Å². The van der Waals surface area contributed by atoms with Gasteiger partial charge in [-0.25, -0.2) is 8.78 Å². The SMILES string of the molecule is C[C@]12C[C@H](O)[C@@]3(F)[C@@H](C[C@H](F)C4=CC(=O)C=C[C@@]43C)[C@@H]1CC[C@@H]2C(=O)COC(=O)C1CC1C(=O)OCc1ccc([C@@H](CN)C(=O)Nc2ccc3cnccc3c2)cc1. The Morgan fingerprint density at radius 2 is 1.72 bits per heavy atom. The van der Waals surface area contributed by atoms with E-state index in [9.17, 15) is 29.1 Å². The van der Waals surface area contributed by atoms with Crippen LogP contribution in [0.15, 0.2) is 84.7 Å². The molecule has 11 nitrogen and oxygen atoms in total. The van der Waals surface area contributed by atoms with E-state index in [0.29, 0.717) is 29.7 Å². The number of nitrogens with one attached hydrogen (secondary N) is 1. The number of hydrogen-bond acceptors (Lipinski definition) is 10. The van der Waals surface area contributed by atoms with Crippen molar-refractivity contribution in [3.63, 3.8) is 0 Å². The Morgan fingerprint density at radius 1 is 0.983 bits per heavy atom. The van der Waals surface area contributed by atoms with Crippen LogP contribution >= 0.6 is 0 Å². The highest BCUT2D eigenvalue weighted by Gasteiger charge is 2.72. The quantitative estimate of drug-likeness (QED) is 0.206. The topological polar surface area (TPSA) is 175 Å². The van der Waals surface area contributed by atoms with Gasteiger partial charge in [0.05, 0.1) is 23.9 Å². The lowest BCUT2D eigenvalue weighted by atomic mass is 9.45. The van der Waals surface area contributed by atoms with Gasteiger partial charge in [0.2, 0.25) is 5.91 Å². The molecule has 58 heavy (non-hydrogen) atoms. The van der Waals surface area contributed by atoms with Gasteiger partial charge in [0.25, 0.3) is 0 Å². The van der Waals surface area contributed by atoms with Gasteiger partial charge in [0.1, 0.15) is 19.4 Å². The molecule has 1 amide bonds. The summed E-state index contributed by atoms with van der Waals surface area (Å²) in [5, 5.41) is 16.3. The molecule has 8 rings (SSSR count). The van der Waals surface area contributed by atoms with Crippen molar-refractivity contribution in [2.24, 2.45) is 46.2 Å². The summed E-state index contributed by atoms with van der Waals surface area (Å²) in [6, 6.07) is 14.4. The highest BCUT2D eigenvalue weighted by Crippen LogP contribution is 2.69. The average Bonchev–Trinajstić information content (AvgIpc) is 3.94. The van der Waals surface area contributed by atoms with E-state index in [1.165, 1.54) is 19.1 Å². The Kier molecular flexibility index (Phi) is 10.2. The number of Topliss-reactive ketones (excluding diaryl/α,β-unsaturated/α-hetero) is 1.